The first kappa shape index (κ1) is 12.6. The second-order valence-electron chi connectivity index (χ2n) is 6.02. The first-order valence-electron chi connectivity index (χ1n) is 7.84. The van der Waals surface area contributed by atoms with E-state index in [1.807, 2.05) is 18.2 Å². The van der Waals surface area contributed by atoms with E-state index in [-0.39, 0.29) is 5.78 Å². The lowest BCUT2D eigenvalue weighted by atomic mass is 9.84. The third-order valence-electron chi connectivity index (χ3n) is 4.70. The number of fused-ring (bicyclic) bond motifs is 2. The zero-order valence-corrected chi connectivity index (χ0v) is 12.1. The SMILES string of the molecule is O=C1c2ccccc2Cc2cccc(N3CCCCC3)c21. The molecule has 1 heterocycles. The van der Waals surface area contributed by atoms with Crippen LogP contribution in [-0.2, 0) is 6.42 Å². The fourth-order valence-electron chi connectivity index (χ4n) is 3.63. The van der Waals surface area contributed by atoms with Gasteiger partial charge in [0, 0.05) is 29.9 Å². The van der Waals surface area contributed by atoms with E-state index in [9.17, 15) is 4.79 Å². The van der Waals surface area contributed by atoms with Gasteiger partial charge < -0.3 is 4.90 Å². The molecule has 2 heteroatoms. The molecule has 0 bridgehead atoms. The molecule has 0 radical (unpaired) electrons. The third-order valence-corrected chi connectivity index (χ3v) is 4.70. The van der Waals surface area contributed by atoms with Crippen molar-refractivity contribution < 1.29 is 4.79 Å². The highest BCUT2D eigenvalue weighted by atomic mass is 16.1. The van der Waals surface area contributed by atoms with Crippen LogP contribution in [0.25, 0.3) is 0 Å². The number of benzene rings is 2. The summed E-state index contributed by atoms with van der Waals surface area (Å²) in [6, 6.07) is 14.4. The minimum atomic E-state index is 0.202. The van der Waals surface area contributed by atoms with Crippen LogP contribution in [-0.4, -0.2) is 18.9 Å². The molecule has 1 aliphatic carbocycles. The Kier molecular flexibility index (Phi) is 3.03. The zero-order valence-electron chi connectivity index (χ0n) is 12.1. The lowest BCUT2D eigenvalue weighted by molar-refractivity contribution is 0.103. The van der Waals surface area contributed by atoms with Gasteiger partial charge in [0.25, 0.3) is 0 Å². The van der Waals surface area contributed by atoms with Crippen molar-refractivity contribution in [2.45, 2.75) is 25.7 Å². The van der Waals surface area contributed by atoms with Gasteiger partial charge in [-0.3, -0.25) is 4.79 Å². The Morgan fingerprint density at radius 3 is 2.43 bits per heavy atom. The largest absolute Gasteiger partial charge is 0.371 e. The van der Waals surface area contributed by atoms with Gasteiger partial charge in [0.1, 0.15) is 0 Å². The third kappa shape index (κ3) is 2.06. The summed E-state index contributed by atoms with van der Waals surface area (Å²) in [7, 11) is 0. The summed E-state index contributed by atoms with van der Waals surface area (Å²) in [5.74, 6) is 0.202. The van der Waals surface area contributed by atoms with Crippen molar-refractivity contribution in [3.05, 3.63) is 64.7 Å². The number of ketones is 1. The van der Waals surface area contributed by atoms with Crippen LogP contribution in [0.3, 0.4) is 0 Å². The predicted molar refractivity (Wildman–Crippen MR) is 85.2 cm³/mol. The first-order chi connectivity index (χ1) is 10.3. The highest BCUT2D eigenvalue weighted by Gasteiger charge is 2.27. The molecule has 2 nitrogen and oxygen atoms in total. The maximum atomic E-state index is 12.9. The number of carbonyl (C=O) groups is 1. The maximum Gasteiger partial charge on any atom is 0.195 e. The van der Waals surface area contributed by atoms with E-state index in [4.69, 9.17) is 0 Å². The topological polar surface area (TPSA) is 20.3 Å². The van der Waals surface area contributed by atoms with E-state index in [0.717, 1.165) is 41.9 Å². The lowest BCUT2D eigenvalue weighted by Crippen LogP contribution is -2.32. The summed E-state index contributed by atoms with van der Waals surface area (Å²) < 4.78 is 0. The van der Waals surface area contributed by atoms with Gasteiger partial charge in [-0.25, -0.2) is 0 Å². The molecule has 1 fully saturated rings. The van der Waals surface area contributed by atoms with Crippen molar-refractivity contribution >= 4 is 11.5 Å². The molecule has 1 saturated heterocycles. The number of hydrogen-bond acceptors (Lipinski definition) is 2. The van der Waals surface area contributed by atoms with Crippen molar-refractivity contribution in [1.82, 2.24) is 0 Å². The molecule has 0 amide bonds. The number of rotatable bonds is 1. The van der Waals surface area contributed by atoms with E-state index in [0.29, 0.717) is 0 Å². The Morgan fingerprint density at radius 2 is 1.57 bits per heavy atom. The summed E-state index contributed by atoms with van der Waals surface area (Å²) in [6.45, 7) is 2.15. The Bertz CT molecular complexity index is 698. The molecule has 2 aromatic carbocycles. The van der Waals surface area contributed by atoms with Crippen molar-refractivity contribution in [3.63, 3.8) is 0 Å². The fraction of sp³-hybridized carbons (Fsp3) is 0.316. The summed E-state index contributed by atoms with van der Waals surface area (Å²) in [6.07, 6.45) is 4.64. The molecule has 0 N–H and O–H groups in total. The van der Waals surface area contributed by atoms with Crippen LogP contribution in [0.1, 0.15) is 46.3 Å². The van der Waals surface area contributed by atoms with Crippen molar-refractivity contribution in [2.75, 3.05) is 18.0 Å². The molecule has 0 saturated carbocycles. The minimum absolute atomic E-state index is 0.202. The van der Waals surface area contributed by atoms with Gasteiger partial charge in [0.05, 0.1) is 0 Å². The number of hydrogen-bond donors (Lipinski definition) is 0. The van der Waals surface area contributed by atoms with Crippen molar-refractivity contribution in [1.29, 1.82) is 0 Å². The second-order valence-corrected chi connectivity index (χ2v) is 6.02. The number of piperidine rings is 1. The molecular weight excluding hydrogens is 258 g/mol. The summed E-state index contributed by atoms with van der Waals surface area (Å²) >= 11 is 0. The molecule has 0 spiro atoms. The normalized spacial score (nSPS) is 17.3. The van der Waals surface area contributed by atoms with Crippen molar-refractivity contribution in [3.8, 4) is 0 Å². The van der Waals surface area contributed by atoms with Gasteiger partial charge in [-0.1, -0.05) is 36.4 Å². The monoisotopic (exact) mass is 277 g/mol. The summed E-state index contributed by atoms with van der Waals surface area (Å²) in [5.41, 5.74) is 5.31. The molecule has 4 rings (SSSR count). The highest BCUT2D eigenvalue weighted by molar-refractivity contribution is 6.15. The molecular formula is C19H19NO. The van der Waals surface area contributed by atoms with Gasteiger partial charge in [-0.2, -0.15) is 0 Å². The molecule has 1 aliphatic heterocycles. The van der Waals surface area contributed by atoms with Crippen molar-refractivity contribution in [2.24, 2.45) is 0 Å². The molecule has 0 unspecified atom stereocenters. The number of anilines is 1. The molecule has 106 valence electrons. The highest BCUT2D eigenvalue weighted by Crippen LogP contribution is 2.34. The van der Waals surface area contributed by atoms with Crippen LogP contribution in [0.5, 0.6) is 0 Å². The van der Waals surface area contributed by atoms with Gasteiger partial charge in [0.2, 0.25) is 0 Å². The van der Waals surface area contributed by atoms with Crippen LogP contribution in [0.15, 0.2) is 42.5 Å². The fourth-order valence-corrected chi connectivity index (χ4v) is 3.63. The standard InChI is InChI=1S/C19H19NO/c21-19-16-9-3-2-7-14(16)13-15-8-6-10-17(18(15)19)20-11-4-1-5-12-20/h2-3,6-10H,1,4-5,11-13H2. The molecule has 0 atom stereocenters. The lowest BCUT2D eigenvalue weighted by Gasteiger charge is -2.32. The first-order valence-corrected chi connectivity index (χ1v) is 7.84. The number of carbonyl (C=O) groups excluding carboxylic acids is 1. The average Bonchev–Trinajstić information content (AvgIpc) is 2.55. The van der Waals surface area contributed by atoms with E-state index >= 15 is 0 Å². The summed E-state index contributed by atoms with van der Waals surface area (Å²) in [4.78, 5) is 15.3. The van der Waals surface area contributed by atoms with Gasteiger partial charge in [-0.05, 0) is 42.9 Å². The Labute approximate surface area is 125 Å². The van der Waals surface area contributed by atoms with Crippen LogP contribution < -0.4 is 4.90 Å². The van der Waals surface area contributed by atoms with Gasteiger partial charge in [0.15, 0.2) is 5.78 Å². The smallest absolute Gasteiger partial charge is 0.195 e. The minimum Gasteiger partial charge on any atom is -0.371 e. The van der Waals surface area contributed by atoms with Gasteiger partial charge >= 0.3 is 0 Å². The second kappa shape index (κ2) is 5.03. The summed E-state index contributed by atoms with van der Waals surface area (Å²) in [5, 5.41) is 0. The van der Waals surface area contributed by atoms with Crippen LogP contribution in [0.2, 0.25) is 0 Å². The predicted octanol–water partition coefficient (Wildman–Crippen LogP) is 3.81. The molecule has 2 aliphatic rings. The Morgan fingerprint density at radius 1 is 0.810 bits per heavy atom. The average molecular weight is 277 g/mol. The number of nitrogens with zero attached hydrogens (tertiary/aromatic N) is 1. The van der Waals surface area contributed by atoms with E-state index in [1.54, 1.807) is 0 Å². The molecule has 21 heavy (non-hydrogen) atoms. The van der Waals surface area contributed by atoms with Crippen LogP contribution in [0.4, 0.5) is 5.69 Å². The van der Waals surface area contributed by atoms with E-state index in [1.165, 1.54) is 24.8 Å². The van der Waals surface area contributed by atoms with Gasteiger partial charge in [-0.15, -0.1) is 0 Å². The Hall–Kier alpha value is -2.09. The van der Waals surface area contributed by atoms with E-state index < -0.39 is 0 Å². The van der Waals surface area contributed by atoms with Crippen LogP contribution >= 0.6 is 0 Å². The maximum absolute atomic E-state index is 12.9. The van der Waals surface area contributed by atoms with E-state index in [2.05, 4.69) is 29.2 Å². The van der Waals surface area contributed by atoms with Crippen LogP contribution in [0, 0.1) is 0 Å². The zero-order chi connectivity index (χ0) is 14.2. The molecule has 0 aromatic heterocycles. The quantitative estimate of drug-likeness (QED) is 0.674. The Balaban J connectivity index is 1.82. The molecule has 2 aromatic rings.